The molecule has 2 unspecified atom stereocenters. The van der Waals surface area contributed by atoms with Crippen molar-refractivity contribution in [3.63, 3.8) is 0 Å². The number of nitrogens with zero attached hydrogens (tertiary/aromatic N) is 1. The molecule has 0 radical (unpaired) electrons. The van der Waals surface area contributed by atoms with Crippen molar-refractivity contribution in [2.75, 3.05) is 13.1 Å². The molecule has 1 aromatic carbocycles. The van der Waals surface area contributed by atoms with E-state index >= 15 is 0 Å². The lowest BCUT2D eigenvalue weighted by molar-refractivity contribution is 0.0783. The Labute approximate surface area is 132 Å². The molecule has 1 heterocycles. The average molecular weight is 313 g/mol. The van der Waals surface area contributed by atoms with Gasteiger partial charge in [-0.1, -0.05) is 45.4 Å². The standard InChI is InChI=1S/C17H26ClFN2/c1-11(2)16-10-21(17(8-20-16)12(3)4)9-13-5-6-14(18)15(19)7-13/h5-7,11-12,16-17,20H,8-10H2,1-4H3. The maximum absolute atomic E-state index is 13.6. The van der Waals surface area contributed by atoms with Crippen molar-refractivity contribution in [3.8, 4) is 0 Å². The van der Waals surface area contributed by atoms with Gasteiger partial charge < -0.3 is 5.32 Å². The maximum atomic E-state index is 13.6. The summed E-state index contributed by atoms with van der Waals surface area (Å²) in [6.45, 7) is 11.8. The zero-order chi connectivity index (χ0) is 15.6. The minimum absolute atomic E-state index is 0.194. The van der Waals surface area contributed by atoms with Crippen LogP contribution in [0.4, 0.5) is 4.39 Å². The van der Waals surface area contributed by atoms with Crippen molar-refractivity contribution in [1.82, 2.24) is 10.2 Å². The normalized spacial score (nSPS) is 24.0. The fraction of sp³-hybridized carbons (Fsp3) is 0.647. The van der Waals surface area contributed by atoms with E-state index in [1.807, 2.05) is 6.07 Å². The van der Waals surface area contributed by atoms with E-state index in [2.05, 4.69) is 37.9 Å². The Hall–Kier alpha value is -0.640. The lowest BCUT2D eigenvalue weighted by Crippen LogP contribution is -2.59. The van der Waals surface area contributed by atoms with E-state index < -0.39 is 0 Å². The zero-order valence-corrected chi connectivity index (χ0v) is 14.1. The van der Waals surface area contributed by atoms with Crippen LogP contribution in [0.1, 0.15) is 33.3 Å². The molecule has 1 fully saturated rings. The summed E-state index contributed by atoms with van der Waals surface area (Å²) in [5.74, 6) is 0.844. The molecule has 2 nitrogen and oxygen atoms in total. The van der Waals surface area contributed by atoms with Crippen molar-refractivity contribution in [2.45, 2.75) is 46.3 Å². The van der Waals surface area contributed by atoms with Gasteiger partial charge in [0, 0.05) is 31.7 Å². The Bertz CT molecular complexity index is 476. The first-order valence-corrected chi connectivity index (χ1v) is 8.17. The lowest BCUT2D eigenvalue weighted by atomic mass is 9.94. The van der Waals surface area contributed by atoms with Crippen molar-refractivity contribution in [2.24, 2.45) is 11.8 Å². The number of hydrogen-bond acceptors (Lipinski definition) is 2. The Morgan fingerprint density at radius 3 is 2.57 bits per heavy atom. The highest BCUT2D eigenvalue weighted by Gasteiger charge is 2.31. The van der Waals surface area contributed by atoms with Crippen LogP contribution in [-0.4, -0.2) is 30.1 Å². The van der Waals surface area contributed by atoms with Crippen molar-refractivity contribution in [1.29, 1.82) is 0 Å². The van der Waals surface area contributed by atoms with E-state index in [4.69, 9.17) is 11.6 Å². The summed E-state index contributed by atoms with van der Waals surface area (Å²) in [6.07, 6.45) is 0. The Kier molecular flexibility index (Phi) is 5.64. The van der Waals surface area contributed by atoms with Crippen molar-refractivity contribution in [3.05, 3.63) is 34.6 Å². The van der Waals surface area contributed by atoms with E-state index in [1.54, 1.807) is 12.1 Å². The molecule has 0 aromatic heterocycles. The van der Waals surface area contributed by atoms with Crippen LogP contribution >= 0.6 is 11.6 Å². The first-order valence-electron chi connectivity index (χ1n) is 7.79. The molecule has 118 valence electrons. The summed E-state index contributed by atoms with van der Waals surface area (Å²) in [6, 6.07) is 6.12. The predicted octanol–water partition coefficient (Wildman–Crippen LogP) is 3.93. The maximum Gasteiger partial charge on any atom is 0.142 e. The number of rotatable bonds is 4. The molecular weight excluding hydrogens is 287 g/mol. The predicted molar refractivity (Wildman–Crippen MR) is 87.1 cm³/mol. The molecule has 0 saturated carbocycles. The highest BCUT2D eigenvalue weighted by molar-refractivity contribution is 6.30. The second-order valence-electron chi connectivity index (χ2n) is 6.75. The highest BCUT2D eigenvalue weighted by atomic mass is 35.5. The molecule has 0 amide bonds. The monoisotopic (exact) mass is 312 g/mol. The molecule has 1 saturated heterocycles. The molecule has 0 aliphatic carbocycles. The third-order valence-electron chi connectivity index (χ3n) is 4.43. The molecule has 2 rings (SSSR count). The minimum Gasteiger partial charge on any atom is -0.311 e. The van der Waals surface area contributed by atoms with Gasteiger partial charge >= 0.3 is 0 Å². The van der Waals surface area contributed by atoms with Gasteiger partial charge in [0.15, 0.2) is 0 Å². The quantitative estimate of drug-likeness (QED) is 0.906. The summed E-state index contributed by atoms with van der Waals surface area (Å²) in [7, 11) is 0. The highest BCUT2D eigenvalue weighted by Crippen LogP contribution is 2.22. The lowest BCUT2D eigenvalue weighted by Gasteiger charge is -2.43. The number of piperazine rings is 1. The summed E-state index contributed by atoms with van der Waals surface area (Å²) >= 11 is 5.77. The summed E-state index contributed by atoms with van der Waals surface area (Å²) in [5.41, 5.74) is 0.993. The van der Waals surface area contributed by atoms with Gasteiger partial charge in [0.05, 0.1) is 5.02 Å². The SMILES string of the molecule is CC(C)C1CN(Cc2ccc(Cl)c(F)c2)C(C(C)C)CN1. The van der Waals surface area contributed by atoms with Gasteiger partial charge in [0.25, 0.3) is 0 Å². The summed E-state index contributed by atoms with van der Waals surface area (Å²) < 4.78 is 13.6. The third kappa shape index (κ3) is 4.18. The van der Waals surface area contributed by atoms with Crippen LogP contribution in [0.3, 0.4) is 0 Å². The van der Waals surface area contributed by atoms with Crippen LogP contribution in [0, 0.1) is 17.7 Å². The molecule has 0 bridgehead atoms. The van der Waals surface area contributed by atoms with Gasteiger partial charge in [-0.05, 0) is 29.5 Å². The van der Waals surface area contributed by atoms with E-state index in [0.717, 1.165) is 25.2 Å². The van der Waals surface area contributed by atoms with Crippen LogP contribution in [0.15, 0.2) is 18.2 Å². The Balaban J connectivity index is 2.13. The number of nitrogens with one attached hydrogen (secondary N) is 1. The first-order chi connectivity index (χ1) is 9.88. The second kappa shape index (κ2) is 7.08. The topological polar surface area (TPSA) is 15.3 Å². The van der Waals surface area contributed by atoms with Crippen LogP contribution in [0.2, 0.25) is 5.02 Å². The molecule has 1 aliphatic heterocycles. The molecule has 21 heavy (non-hydrogen) atoms. The van der Waals surface area contributed by atoms with E-state index in [-0.39, 0.29) is 10.8 Å². The smallest absolute Gasteiger partial charge is 0.142 e. The van der Waals surface area contributed by atoms with Crippen LogP contribution in [-0.2, 0) is 6.54 Å². The van der Waals surface area contributed by atoms with Gasteiger partial charge in [0.1, 0.15) is 5.82 Å². The van der Waals surface area contributed by atoms with Crippen LogP contribution in [0.25, 0.3) is 0 Å². The number of benzene rings is 1. The van der Waals surface area contributed by atoms with Crippen molar-refractivity contribution < 1.29 is 4.39 Å². The molecule has 1 aliphatic rings. The molecule has 0 spiro atoms. The van der Waals surface area contributed by atoms with Crippen LogP contribution in [0.5, 0.6) is 0 Å². The fourth-order valence-electron chi connectivity index (χ4n) is 3.01. The minimum atomic E-state index is -0.328. The summed E-state index contributed by atoms with van der Waals surface area (Å²) in [5, 5.41) is 3.84. The molecule has 1 aromatic rings. The molecular formula is C17H26ClFN2. The van der Waals surface area contributed by atoms with Gasteiger partial charge in [-0.25, -0.2) is 4.39 Å². The number of halogens is 2. The number of hydrogen-bond donors (Lipinski definition) is 1. The van der Waals surface area contributed by atoms with E-state index in [1.165, 1.54) is 0 Å². The Morgan fingerprint density at radius 2 is 2.00 bits per heavy atom. The van der Waals surface area contributed by atoms with E-state index in [9.17, 15) is 4.39 Å². The van der Waals surface area contributed by atoms with Gasteiger partial charge in [0.2, 0.25) is 0 Å². The zero-order valence-electron chi connectivity index (χ0n) is 13.4. The third-order valence-corrected chi connectivity index (χ3v) is 4.74. The van der Waals surface area contributed by atoms with Gasteiger partial charge in [-0.15, -0.1) is 0 Å². The molecule has 2 atom stereocenters. The van der Waals surface area contributed by atoms with Gasteiger partial charge in [-0.2, -0.15) is 0 Å². The second-order valence-corrected chi connectivity index (χ2v) is 7.16. The first kappa shape index (κ1) is 16.7. The Morgan fingerprint density at radius 1 is 1.29 bits per heavy atom. The van der Waals surface area contributed by atoms with Crippen molar-refractivity contribution >= 4 is 11.6 Å². The summed E-state index contributed by atoms with van der Waals surface area (Å²) in [4.78, 5) is 2.48. The molecule has 4 heteroatoms. The fourth-order valence-corrected chi connectivity index (χ4v) is 3.13. The van der Waals surface area contributed by atoms with Gasteiger partial charge in [-0.3, -0.25) is 4.90 Å². The average Bonchev–Trinajstić information content (AvgIpc) is 2.42. The van der Waals surface area contributed by atoms with Crippen LogP contribution < -0.4 is 5.32 Å². The largest absolute Gasteiger partial charge is 0.311 e. The molecule has 1 N–H and O–H groups in total. The van der Waals surface area contributed by atoms with E-state index in [0.29, 0.717) is 23.9 Å².